The summed E-state index contributed by atoms with van der Waals surface area (Å²) in [5.41, 5.74) is 1.23. The number of carbonyl (C=O) groups is 2. The topological polar surface area (TPSA) is 78.4 Å². The Morgan fingerprint density at radius 1 is 1.38 bits per heavy atom. The van der Waals surface area contributed by atoms with E-state index in [1.807, 2.05) is 18.2 Å². The molecule has 1 heterocycles. The van der Waals surface area contributed by atoms with Crippen LogP contribution in [0.2, 0.25) is 0 Å². The van der Waals surface area contributed by atoms with Gasteiger partial charge in [-0.15, -0.1) is 0 Å². The van der Waals surface area contributed by atoms with Crippen LogP contribution >= 0.6 is 0 Å². The van der Waals surface area contributed by atoms with Crippen molar-refractivity contribution in [2.45, 2.75) is 38.3 Å². The molecular weight excluding hydrogens is 268 g/mol. The van der Waals surface area contributed by atoms with Crippen LogP contribution in [0.1, 0.15) is 25.3 Å². The van der Waals surface area contributed by atoms with Crippen LogP contribution in [0.3, 0.4) is 0 Å². The van der Waals surface area contributed by atoms with Crippen molar-refractivity contribution in [1.29, 1.82) is 0 Å². The lowest BCUT2D eigenvalue weighted by molar-refractivity contribution is -0.139. The Labute approximate surface area is 124 Å². The van der Waals surface area contributed by atoms with Gasteiger partial charge in [0.05, 0.1) is 0 Å². The van der Waals surface area contributed by atoms with E-state index in [0.717, 1.165) is 6.42 Å². The van der Waals surface area contributed by atoms with Crippen molar-refractivity contribution in [3.63, 3.8) is 0 Å². The summed E-state index contributed by atoms with van der Waals surface area (Å²) >= 11 is 0. The molecule has 3 N–H and O–H groups in total. The average molecular weight is 290 g/mol. The fourth-order valence-electron chi connectivity index (χ4n) is 2.73. The molecule has 1 aromatic carbocycles. The lowest BCUT2D eigenvalue weighted by Gasteiger charge is -2.15. The molecule has 1 aromatic rings. The predicted molar refractivity (Wildman–Crippen MR) is 79.9 cm³/mol. The van der Waals surface area contributed by atoms with Crippen LogP contribution in [0.4, 0.5) is 0 Å². The maximum Gasteiger partial charge on any atom is 0.320 e. The summed E-state index contributed by atoms with van der Waals surface area (Å²) in [6.07, 6.45) is 1.78. The summed E-state index contributed by atoms with van der Waals surface area (Å²) in [6, 6.07) is 9.47. The van der Waals surface area contributed by atoms with Gasteiger partial charge in [-0.3, -0.25) is 9.59 Å². The van der Waals surface area contributed by atoms with Crippen LogP contribution in [-0.2, 0) is 16.0 Å². The quantitative estimate of drug-likeness (QED) is 0.735. The Kier molecular flexibility index (Phi) is 5.33. The Hall–Kier alpha value is -1.88. The molecule has 1 aliphatic heterocycles. The third-order valence-corrected chi connectivity index (χ3v) is 3.75. The molecule has 0 radical (unpaired) electrons. The summed E-state index contributed by atoms with van der Waals surface area (Å²) in [5, 5.41) is 14.7. The number of hydrogen-bond acceptors (Lipinski definition) is 3. The highest BCUT2D eigenvalue weighted by Crippen LogP contribution is 2.13. The highest BCUT2D eigenvalue weighted by Gasteiger charge is 2.30. The fourth-order valence-corrected chi connectivity index (χ4v) is 2.73. The molecule has 0 aliphatic carbocycles. The Balaban J connectivity index is 1.73. The number of aliphatic carboxylic acids is 1. The van der Waals surface area contributed by atoms with E-state index in [-0.39, 0.29) is 17.9 Å². The molecule has 0 spiro atoms. The largest absolute Gasteiger partial charge is 0.480 e. The second kappa shape index (κ2) is 7.22. The summed E-state index contributed by atoms with van der Waals surface area (Å²) in [7, 11) is 0. The van der Waals surface area contributed by atoms with E-state index < -0.39 is 12.0 Å². The van der Waals surface area contributed by atoms with Gasteiger partial charge in [0.2, 0.25) is 5.91 Å². The zero-order chi connectivity index (χ0) is 15.2. The third kappa shape index (κ3) is 4.86. The molecule has 0 unspecified atom stereocenters. The van der Waals surface area contributed by atoms with Gasteiger partial charge in [0.25, 0.3) is 0 Å². The molecule has 3 atom stereocenters. The predicted octanol–water partition coefficient (Wildman–Crippen LogP) is 1.19. The van der Waals surface area contributed by atoms with Crippen molar-refractivity contribution in [3.8, 4) is 0 Å². The molecule has 21 heavy (non-hydrogen) atoms. The Morgan fingerprint density at radius 2 is 2.10 bits per heavy atom. The Morgan fingerprint density at radius 3 is 2.71 bits per heavy atom. The lowest BCUT2D eigenvalue weighted by Crippen LogP contribution is -2.37. The third-order valence-electron chi connectivity index (χ3n) is 3.75. The van der Waals surface area contributed by atoms with E-state index in [1.54, 1.807) is 0 Å². The monoisotopic (exact) mass is 290 g/mol. The first-order chi connectivity index (χ1) is 10.0. The number of nitrogens with one attached hydrogen (secondary N) is 2. The van der Waals surface area contributed by atoms with E-state index in [4.69, 9.17) is 5.11 Å². The van der Waals surface area contributed by atoms with Crippen LogP contribution in [0.25, 0.3) is 0 Å². The molecule has 5 heteroatoms. The van der Waals surface area contributed by atoms with Crippen LogP contribution in [0.5, 0.6) is 0 Å². The van der Waals surface area contributed by atoms with Crippen molar-refractivity contribution >= 4 is 11.9 Å². The zero-order valence-corrected chi connectivity index (χ0v) is 12.2. The minimum Gasteiger partial charge on any atom is -0.480 e. The van der Waals surface area contributed by atoms with Gasteiger partial charge in [0, 0.05) is 19.0 Å². The fraction of sp³-hybridized carbons (Fsp3) is 0.500. The maximum atomic E-state index is 12.0. The summed E-state index contributed by atoms with van der Waals surface area (Å²) in [6.45, 7) is 2.58. The highest BCUT2D eigenvalue weighted by atomic mass is 16.4. The molecule has 0 saturated carbocycles. The van der Waals surface area contributed by atoms with Crippen LogP contribution < -0.4 is 10.6 Å². The smallest absolute Gasteiger partial charge is 0.320 e. The first-order valence-corrected chi connectivity index (χ1v) is 7.34. The second-order valence-corrected chi connectivity index (χ2v) is 5.80. The summed E-state index contributed by atoms with van der Waals surface area (Å²) in [5.74, 6) is -0.600. The van der Waals surface area contributed by atoms with Gasteiger partial charge < -0.3 is 15.7 Å². The van der Waals surface area contributed by atoms with Crippen molar-refractivity contribution in [1.82, 2.24) is 10.6 Å². The maximum absolute atomic E-state index is 12.0. The lowest BCUT2D eigenvalue weighted by atomic mass is 9.97. The normalized spacial score (nSPS) is 22.7. The first kappa shape index (κ1) is 15.5. The molecule has 114 valence electrons. The molecule has 5 nitrogen and oxygen atoms in total. The minimum absolute atomic E-state index is 0.00345. The van der Waals surface area contributed by atoms with E-state index in [9.17, 15) is 9.59 Å². The number of benzene rings is 1. The standard InChI is InChI=1S/C16H22N2O3/c1-11(7-12-5-3-2-4-6-12)8-15(19)18-13-9-14(16(20)21)17-10-13/h2-6,11,13-14,17H,7-10H2,1H3,(H,18,19)(H,20,21)/t11-,13+,14+/m1/s1. The number of carboxylic acid groups (broad SMARTS) is 1. The second-order valence-electron chi connectivity index (χ2n) is 5.80. The van der Waals surface area contributed by atoms with E-state index in [0.29, 0.717) is 19.4 Å². The van der Waals surface area contributed by atoms with Gasteiger partial charge in [-0.05, 0) is 24.3 Å². The van der Waals surface area contributed by atoms with Gasteiger partial charge in [-0.25, -0.2) is 0 Å². The average Bonchev–Trinajstić information content (AvgIpc) is 2.88. The van der Waals surface area contributed by atoms with Crippen LogP contribution in [0.15, 0.2) is 30.3 Å². The number of carbonyl (C=O) groups excluding carboxylic acids is 1. The molecule has 1 aliphatic rings. The molecule has 0 aromatic heterocycles. The SMILES string of the molecule is C[C@@H](CC(=O)N[C@@H]1CN[C@H](C(=O)O)C1)Cc1ccccc1. The van der Waals surface area contributed by atoms with Crippen molar-refractivity contribution < 1.29 is 14.7 Å². The van der Waals surface area contributed by atoms with Gasteiger partial charge in [0.1, 0.15) is 6.04 Å². The molecule has 1 amide bonds. The van der Waals surface area contributed by atoms with E-state index in [2.05, 4.69) is 29.7 Å². The number of amides is 1. The van der Waals surface area contributed by atoms with E-state index in [1.165, 1.54) is 5.56 Å². The molecule has 0 bridgehead atoms. The number of carboxylic acids is 1. The Bertz CT molecular complexity index is 490. The van der Waals surface area contributed by atoms with Crippen molar-refractivity contribution in [2.24, 2.45) is 5.92 Å². The highest BCUT2D eigenvalue weighted by molar-refractivity contribution is 5.77. The molecule has 2 rings (SSSR count). The van der Waals surface area contributed by atoms with Gasteiger partial charge in [-0.2, -0.15) is 0 Å². The summed E-state index contributed by atoms with van der Waals surface area (Å²) in [4.78, 5) is 22.8. The van der Waals surface area contributed by atoms with Crippen LogP contribution in [0, 0.1) is 5.92 Å². The first-order valence-electron chi connectivity index (χ1n) is 7.34. The van der Waals surface area contributed by atoms with Gasteiger partial charge in [-0.1, -0.05) is 37.3 Å². The number of rotatable bonds is 6. The zero-order valence-electron chi connectivity index (χ0n) is 12.2. The van der Waals surface area contributed by atoms with Crippen LogP contribution in [-0.4, -0.2) is 35.6 Å². The summed E-state index contributed by atoms with van der Waals surface area (Å²) < 4.78 is 0. The number of hydrogen-bond donors (Lipinski definition) is 3. The molecule has 1 fully saturated rings. The molecule has 1 saturated heterocycles. The molecular formula is C16H22N2O3. The van der Waals surface area contributed by atoms with Gasteiger partial charge >= 0.3 is 5.97 Å². The minimum atomic E-state index is -0.857. The van der Waals surface area contributed by atoms with Gasteiger partial charge in [0.15, 0.2) is 0 Å². The van der Waals surface area contributed by atoms with E-state index >= 15 is 0 Å². The van der Waals surface area contributed by atoms with Crippen molar-refractivity contribution in [2.75, 3.05) is 6.54 Å². The van der Waals surface area contributed by atoms with Crippen molar-refractivity contribution in [3.05, 3.63) is 35.9 Å².